The Labute approximate surface area is 107 Å². The van der Waals surface area contributed by atoms with Crippen molar-refractivity contribution in [2.24, 2.45) is 16.3 Å². The van der Waals surface area contributed by atoms with E-state index in [0.29, 0.717) is 26.1 Å². The molecule has 1 unspecified atom stereocenters. The third-order valence-corrected chi connectivity index (χ3v) is 4.00. The van der Waals surface area contributed by atoms with E-state index in [1.54, 1.807) is 0 Å². The molecule has 18 heavy (non-hydrogen) atoms. The van der Waals surface area contributed by atoms with E-state index in [0.717, 1.165) is 25.7 Å². The smallest absolute Gasteiger partial charge is 0.234 e. The van der Waals surface area contributed by atoms with Gasteiger partial charge >= 0.3 is 0 Å². The molecule has 1 heterocycles. The van der Waals surface area contributed by atoms with Gasteiger partial charge in [0.05, 0.1) is 12.6 Å². The van der Waals surface area contributed by atoms with Gasteiger partial charge in [0.15, 0.2) is 5.84 Å². The van der Waals surface area contributed by atoms with Crippen molar-refractivity contribution in [3.63, 3.8) is 0 Å². The largest absolute Gasteiger partial charge is 0.409 e. The average molecular weight is 255 g/mol. The van der Waals surface area contributed by atoms with Gasteiger partial charge in [-0.15, -0.1) is 0 Å². The molecule has 0 radical (unpaired) electrons. The molecule has 0 aromatic heterocycles. The van der Waals surface area contributed by atoms with E-state index in [9.17, 15) is 4.79 Å². The molecule has 1 saturated heterocycles. The molecule has 6 nitrogen and oxygen atoms in total. The Balaban J connectivity index is 2.09. The maximum absolute atomic E-state index is 12.4. The SMILES string of the molecule is NC(=NO)C1(C(=O)NC2CCOC2)CCCCC1. The van der Waals surface area contributed by atoms with Crippen LogP contribution in [0.2, 0.25) is 0 Å². The highest BCUT2D eigenvalue weighted by Gasteiger charge is 2.44. The summed E-state index contributed by atoms with van der Waals surface area (Å²) >= 11 is 0. The number of hydrogen-bond acceptors (Lipinski definition) is 4. The second-order valence-electron chi connectivity index (χ2n) is 5.16. The Hall–Kier alpha value is -1.30. The molecular formula is C12H21N3O3. The van der Waals surface area contributed by atoms with E-state index in [1.165, 1.54) is 0 Å². The summed E-state index contributed by atoms with van der Waals surface area (Å²) in [5, 5.41) is 15.0. The minimum Gasteiger partial charge on any atom is -0.409 e. The molecule has 0 bridgehead atoms. The van der Waals surface area contributed by atoms with E-state index in [1.807, 2.05) is 0 Å². The van der Waals surface area contributed by atoms with E-state index in [2.05, 4.69) is 10.5 Å². The fourth-order valence-electron chi connectivity index (χ4n) is 2.82. The van der Waals surface area contributed by atoms with E-state index in [-0.39, 0.29) is 17.8 Å². The maximum Gasteiger partial charge on any atom is 0.234 e. The molecule has 0 aromatic rings. The number of amides is 1. The lowest BCUT2D eigenvalue weighted by molar-refractivity contribution is -0.129. The van der Waals surface area contributed by atoms with Crippen LogP contribution >= 0.6 is 0 Å². The van der Waals surface area contributed by atoms with Gasteiger partial charge in [-0.05, 0) is 19.3 Å². The number of hydrogen-bond donors (Lipinski definition) is 3. The first-order valence-electron chi connectivity index (χ1n) is 6.56. The number of amidine groups is 1. The second kappa shape index (κ2) is 5.56. The Morgan fingerprint density at radius 3 is 2.67 bits per heavy atom. The first kappa shape index (κ1) is 13.1. The highest BCUT2D eigenvalue weighted by Crippen LogP contribution is 2.37. The summed E-state index contributed by atoms with van der Waals surface area (Å²) in [4.78, 5) is 12.4. The van der Waals surface area contributed by atoms with Crippen LogP contribution in [0.3, 0.4) is 0 Å². The summed E-state index contributed by atoms with van der Waals surface area (Å²) in [6, 6.07) is 0.0581. The van der Waals surface area contributed by atoms with Crippen LogP contribution in [0.15, 0.2) is 5.16 Å². The number of nitrogens with one attached hydrogen (secondary N) is 1. The first-order valence-corrected chi connectivity index (χ1v) is 6.56. The Bertz CT molecular complexity index is 331. The van der Waals surface area contributed by atoms with Crippen LogP contribution in [0.4, 0.5) is 0 Å². The minimum atomic E-state index is -0.824. The van der Waals surface area contributed by atoms with Crippen molar-refractivity contribution in [1.29, 1.82) is 0 Å². The quantitative estimate of drug-likeness (QED) is 0.297. The predicted octanol–water partition coefficient (Wildman–Crippen LogP) is 0.588. The molecule has 1 aliphatic heterocycles. The zero-order valence-electron chi connectivity index (χ0n) is 10.5. The third kappa shape index (κ3) is 2.43. The topological polar surface area (TPSA) is 96.9 Å². The van der Waals surface area contributed by atoms with Crippen LogP contribution < -0.4 is 11.1 Å². The molecule has 0 spiro atoms. The average Bonchev–Trinajstić information content (AvgIpc) is 2.91. The first-order chi connectivity index (χ1) is 8.69. The van der Waals surface area contributed by atoms with Crippen molar-refractivity contribution < 1.29 is 14.7 Å². The van der Waals surface area contributed by atoms with Crippen LogP contribution in [0.1, 0.15) is 38.5 Å². The lowest BCUT2D eigenvalue weighted by atomic mass is 9.72. The summed E-state index contributed by atoms with van der Waals surface area (Å²) in [6.07, 6.45) is 5.11. The van der Waals surface area contributed by atoms with Crippen LogP contribution in [-0.4, -0.2) is 36.2 Å². The molecule has 6 heteroatoms. The van der Waals surface area contributed by atoms with Gasteiger partial charge in [0.1, 0.15) is 5.41 Å². The summed E-state index contributed by atoms with van der Waals surface area (Å²) in [7, 11) is 0. The van der Waals surface area contributed by atoms with Gasteiger partial charge in [-0.2, -0.15) is 0 Å². The van der Waals surface area contributed by atoms with Crippen LogP contribution in [0, 0.1) is 5.41 Å². The molecule has 1 aliphatic carbocycles. The fourth-order valence-corrected chi connectivity index (χ4v) is 2.82. The standard InChI is InChI=1S/C12H21N3O3/c13-10(15-17)12(5-2-1-3-6-12)11(16)14-9-4-7-18-8-9/h9,17H,1-8H2,(H2,13,15)(H,14,16). The molecule has 4 N–H and O–H groups in total. The van der Waals surface area contributed by atoms with Gasteiger partial charge in [-0.3, -0.25) is 4.79 Å². The van der Waals surface area contributed by atoms with Gasteiger partial charge in [-0.1, -0.05) is 24.4 Å². The number of nitrogens with zero attached hydrogens (tertiary/aromatic N) is 1. The van der Waals surface area contributed by atoms with E-state index < -0.39 is 5.41 Å². The summed E-state index contributed by atoms with van der Waals surface area (Å²) in [5.74, 6) is -0.0772. The summed E-state index contributed by atoms with van der Waals surface area (Å²) in [5.41, 5.74) is 4.94. The molecule has 1 saturated carbocycles. The van der Waals surface area contributed by atoms with Crippen LogP contribution in [-0.2, 0) is 9.53 Å². The summed E-state index contributed by atoms with van der Waals surface area (Å²) in [6.45, 7) is 1.24. The molecule has 2 fully saturated rings. The zero-order chi connectivity index (χ0) is 13.0. The molecule has 1 atom stereocenters. The zero-order valence-corrected chi connectivity index (χ0v) is 10.5. The molecule has 2 rings (SSSR count). The second-order valence-corrected chi connectivity index (χ2v) is 5.16. The lowest BCUT2D eigenvalue weighted by Gasteiger charge is -2.35. The minimum absolute atomic E-state index is 0.0404. The van der Waals surface area contributed by atoms with Crippen molar-refractivity contribution >= 4 is 11.7 Å². The van der Waals surface area contributed by atoms with Gasteiger partial charge in [0.25, 0.3) is 0 Å². The monoisotopic (exact) mass is 255 g/mol. The third-order valence-electron chi connectivity index (χ3n) is 4.00. The number of nitrogens with two attached hydrogens (primary N) is 1. The maximum atomic E-state index is 12.4. The molecule has 102 valence electrons. The van der Waals surface area contributed by atoms with Crippen molar-refractivity contribution in [2.45, 2.75) is 44.6 Å². The summed E-state index contributed by atoms with van der Waals surface area (Å²) < 4.78 is 5.24. The molecule has 1 amide bonds. The highest BCUT2D eigenvalue weighted by atomic mass is 16.5. The number of carbonyl (C=O) groups is 1. The van der Waals surface area contributed by atoms with E-state index >= 15 is 0 Å². The van der Waals surface area contributed by atoms with Crippen molar-refractivity contribution in [3.05, 3.63) is 0 Å². The lowest BCUT2D eigenvalue weighted by Crippen LogP contribution is -2.53. The number of oxime groups is 1. The van der Waals surface area contributed by atoms with Crippen molar-refractivity contribution in [2.75, 3.05) is 13.2 Å². The van der Waals surface area contributed by atoms with Gasteiger partial charge in [0.2, 0.25) is 5.91 Å². The Morgan fingerprint density at radius 1 is 1.39 bits per heavy atom. The highest BCUT2D eigenvalue weighted by molar-refractivity contribution is 6.06. The molecular weight excluding hydrogens is 234 g/mol. The van der Waals surface area contributed by atoms with Crippen LogP contribution in [0.5, 0.6) is 0 Å². The predicted molar refractivity (Wildman–Crippen MR) is 66.3 cm³/mol. The fraction of sp³-hybridized carbons (Fsp3) is 0.833. The Kier molecular flexibility index (Phi) is 4.06. The van der Waals surface area contributed by atoms with E-state index in [4.69, 9.17) is 15.7 Å². The van der Waals surface area contributed by atoms with Crippen molar-refractivity contribution in [3.8, 4) is 0 Å². The number of ether oxygens (including phenoxy) is 1. The van der Waals surface area contributed by atoms with Gasteiger partial charge < -0.3 is 21.0 Å². The molecule has 0 aromatic carbocycles. The Morgan fingerprint density at radius 2 is 2.11 bits per heavy atom. The normalized spacial score (nSPS) is 28.0. The van der Waals surface area contributed by atoms with Crippen molar-refractivity contribution in [1.82, 2.24) is 5.32 Å². The van der Waals surface area contributed by atoms with Crippen LogP contribution in [0.25, 0.3) is 0 Å². The number of carbonyl (C=O) groups excluding carboxylic acids is 1. The number of rotatable bonds is 3. The van der Waals surface area contributed by atoms with Gasteiger partial charge in [-0.25, -0.2) is 0 Å². The van der Waals surface area contributed by atoms with Gasteiger partial charge in [0, 0.05) is 6.61 Å². The molecule has 2 aliphatic rings.